The first-order valence-corrected chi connectivity index (χ1v) is 7.90. The number of hydrogen-bond acceptors (Lipinski definition) is 2. The molecular formula is C17H25N3O2. The highest BCUT2D eigenvalue weighted by Gasteiger charge is 2.24. The highest BCUT2D eigenvalue weighted by molar-refractivity contribution is 5.98. The average molecular weight is 303 g/mol. The minimum Gasteiger partial charge on any atom is -0.329 e. The molecule has 2 rings (SSSR count). The summed E-state index contributed by atoms with van der Waals surface area (Å²) in [6, 6.07) is 7.72. The maximum Gasteiger partial charge on any atom is 0.317 e. The van der Waals surface area contributed by atoms with Crippen molar-refractivity contribution in [1.29, 1.82) is 0 Å². The molecule has 0 radical (unpaired) electrons. The summed E-state index contributed by atoms with van der Waals surface area (Å²) >= 11 is 0. The summed E-state index contributed by atoms with van der Waals surface area (Å²) in [6.45, 7) is 5.64. The topological polar surface area (TPSA) is 52.7 Å². The Morgan fingerprint density at radius 1 is 1.36 bits per heavy atom. The van der Waals surface area contributed by atoms with E-state index in [0.717, 1.165) is 18.5 Å². The molecule has 0 saturated carbocycles. The summed E-state index contributed by atoms with van der Waals surface area (Å²) in [5, 5.41) is 2.72. The van der Waals surface area contributed by atoms with Gasteiger partial charge < -0.3 is 15.1 Å². The molecule has 0 aromatic heterocycles. The van der Waals surface area contributed by atoms with Crippen LogP contribution in [0.4, 0.5) is 10.5 Å². The third kappa shape index (κ3) is 3.78. The maximum atomic E-state index is 12.3. The summed E-state index contributed by atoms with van der Waals surface area (Å²) in [6.07, 6.45) is 1.91. The van der Waals surface area contributed by atoms with Crippen molar-refractivity contribution in [1.82, 2.24) is 10.2 Å². The van der Waals surface area contributed by atoms with Crippen LogP contribution in [0, 0.1) is 5.92 Å². The van der Waals surface area contributed by atoms with E-state index in [1.807, 2.05) is 24.3 Å². The van der Waals surface area contributed by atoms with Gasteiger partial charge in [0.15, 0.2) is 0 Å². The molecule has 1 aliphatic rings. The summed E-state index contributed by atoms with van der Waals surface area (Å²) in [5.74, 6) is 0.396. The Morgan fingerprint density at radius 2 is 2.09 bits per heavy atom. The zero-order valence-corrected chi connectivity index (χ0v) is 13.6. The van der Waals surface area contributed by atoms with Crippen LogP contribution >= 0.6 is 0 Å². The van der Waals surface area contributed by atoms with Crippen LogP contribution in [-0.4, -0.2) is 43.5 Å². The van der Waals surface area contributed by atoms with Crippen LogP contribution in [0.25, 0.3) is 0 Å². The lowest BCUT2D eigenvalue weighted by Crippen LogP contribution is -2.45. The van der Waals surface area contributed by atoms with Crippen LogP contribution in [0.3, 0.4) is 0 Å². The van der Waals surface area contributed by atoms with E-state index in [1.165, 1.54) is 5.56 Å². The predicted molar refractivity (Wildman–Crippen MR) is 88.0 cm³/mol. The number of nitrogens with zero attached hydrogens (tertiary/aromatic N) is 2. The van der Waals surface area contributed by atoms with Gasteiger partial charge in [0, 0.05) is 25.8 Å². The number of para-hydroxylation sites is 1. The quantitative estimate of drug-likeness (QED) is 0.907. The second-order valence-corrected chi connectivity index (χ2v) is 5.98. The molecule has 120 valence electrons. The number of fused-ring (bicyclic) bond motifs is 1. The van der Waals surface area contributed by atoms with Crippen LogP contribution < -0.4 is 10.2 Å². The molecule has 0 bridgehead atoms. The van der Waals surface area contributed by atoms with Gasteiger partial charge in [0.1, 0.15) is 0 Å². The predicted octanol–water partition coefficient (Wildman–Crippen LogP) is 2.26. The van der Waals surface area contributed by atoms with Crippen LogP contribution in [0.1, 0.15) is 25.8 Å². The maximum absolute atomic E-state index is 12.3. The highest BCUT2D eigenvalue weighted by atomic mass is 16.2. The van der Waals surface area contributed by atoms with Crippen LogP contribution in [0.5, 0.6) is 0 Å². The molecule has 1 atom stereocenters. The number of rotatable bonds is 5. The second-order valence-electron chi connectivity index (χ2n) is 5.98. The Balaban J connectivity index is 1.85. The molecule has 0 saturated heterocycles. The summed E-state index contributed by atoms with van der Waals surface area (Å²) < 4.78 is 0. The Kier molecular flexibility index (Phi) is 5.41. The molecule has 3 amide bonds. The first-order valence-electron chi connectivity index (χ1n) is 7.90. The summed E-state index contributed by atoms with van der Waals surface area (Å²) in [5.41, 5.74) is 2.16. The monoisotopic (exact) mass is 303 g/mol. The Morgan fingerprint density at radius 3 is 2.82 bits per heavy atom. The fourth-order valence-corrected chi connectivity index (χ4v) is 2.66. The van der Waals surface area contributed by atoms with Crippen molar-refractivity contribution in [3.8, 4) is 0 Å². The zero-order valence-electron chi connectivity index (χ0n) is 13.6. The molecule has 22 heavy (non-hydrogen) atoms. The number of urea groups is 1. The second kappa shape index (κ2) is 7.29. The van der Waals surface area contributed by atoms with Gasteiger partial charge in [0.25, 0.3) is 0 Å². The largest absolute Gasteiger partial charge is 0.329 e. The van der Waals surface area contributed by atoms with E-state index >= 15 is 0 Å². The van der Waals surface area contributed by atoms with E-state index in [2.05, 4.69) is 19.2 Å². The smallest absolute Gasteiger partial charge is 0.317 e. The lowest BCUT2D eigenvalue weighted by Gasteiger charge is -2.22. The molecule has 0 fully saturated rings. The van der Waals surface area contributed by atoms with Crippen molar-refractivity contribution in [3.63, 3.8) is 0 Å². The molecule has 1 aliphatic heterocycles. The van der Waals surface area contributed by atoms with E-state index in [0.29, 0.717) is 19.0 Å². The Bertz CT molecular complexity index is 544. The molecule has 1 N–H and O–H groups in total. The molecule has 1 aromatic rings. The molecule has 0 spiro atoms. The minimum absolute atomic E-state index is 0.0397. The third-order valence-electron chi connectivity index (χ3n) is 4.21. The Labute approximate surface area is 132 Å². The standard InChI is InChI=1S/C17H25N3O2/c1-4-13(2)12-19(3)17(22)18-11-16(21)20-10-9-14-7-5-6-8-15(14)20/h5-8,13H,4,9-12H2,1-3H3,(H,18,22). The average Bonchev–Trinajstić information content (AvgIpc) is 2.96. The molecule has 1 unspecified atom stereocenters. The van der Waals surface area contributed by atoms with Crippen molar-refractivity contribution in [3.05, 3.63) is 29.8 Å². The molecule has 1 heterocycles. The number of carbonyl (C=O) groups excluding carboxylic acids is 2. The van der Waals surface area contributed by atoms with Gasteiger partial charge in [-0.1, -0.05) is 38.5 Å². The van der Waals surface area contributed by atoms with E-state index in [-0.39, 0.29) is 18.5 Å². The zero-order chi connectivity index (χ0) is 16.1. The van der Waals surface area contributed by atoms with Crippen LogP contribution in [0.15, 0.2) is 24.3 Å². The summed E-state index contributed by atoms with van der Waals surface area (Å²) in [7, 11) is 1.76. The minimum atomic E-state index is -0.193. The highest BCUT2D eigenvalue weighted by Crippen LogP contribution is 2.27. The van der Waals surface area contributed by atoms with Gasteiger partial charge in [0.05, 0.1) is 6.54 Å². The van der Waals surface area contributed by atoms with E-state index in [4.69, 9.17) is 0 Å². The van der Waals surface area contributed by atoms with Gasteiger partial charge in [0.2, 0.25) is 5.91 Å². The first-order chi connectivity index (χ1) is 10.5. The van der Waals surface area contributed by atoms with Gasteiger partial charge in [-0.15, -0.1) is 0 Å². The van der Waals surface area contributed by atoms with Gasteiger partial charge in [-0.05, 0) is 24.0 Å². The number of hydrogen-bond donors (Lipinski definition) is 1. The molecule has 0 aliphatic carbocycles. The molecular weight excluding hydrogens is 278 g/mol. The number of carbonyl (C=O) groups is 2. The normalized spacial score (nSPS) is 14.4. The van der Waals surface area contributed by atoms with Gasteiger partial charge >= 0.3 is 6.03 Å². The fraction of sp³-hybridized carbons (Fsp3) is 0.529. The first kappa shape index (κ1) is 16.3. The number of amides is 3. The van der Waals surface area contributed by atoms with Crippen LogP contribution in [0.2, 0.25) is 0 Å². The van der Waals surface area contributed by atoms with Crippen molar-refractivity contribution in [2.45, 2.75) is 26.7 Å². The Hall–Kier alpha value is -2.04. The fourth-order valence-electron chi connectivity index (χ4n) is 2.66. The number of anilines is 1. The molecule has 5 nitrogen and oxygen atoms in total. The lowest BCUT2D eigenvalue weighted by molar-refractivity contribution is -0.117. The van der Waals surface area contributed by atoms with E-state index < -0.39 is 0 Å². The molecule has 5 heteroatoms. The van der Waals surface area contributed by atoms with E-state index in [9.17, 15) is 9.59 Å². The third-order valence-corrected chi connectivity index (χ3v) is 4.21. The van der Waals surface area contributed by atoms with Crippen molar-refractivity contribution < 1.29 is 9.59 Å². The van der Waals surface area contributed by atoms with Gasteiger partial charge in [-0.3, -0.25) is 4.79 Å². The van der Waals surface area contributed by atoms with Gasteiger partial charge in [-0.2, -0.15) is 0 Å². The van der Waals surface area contributed by atoms with Crippen molar-refractivity contribution in [2.75, 3.05) is 31.6 Å². The lowest BCUT2D eigenvalue weighted by atomic mass is 10.1. The SMILES string of the molecule is CCC(C)CN(C)C(=O)NCC(=O)N1CCc2ccccc21. The number of benzene rings is 1. The van der Waals surface area contributed by atoms with Crippen molar-refractivity contribution >= 4 is 17.6 Å². The summed E-state index contributed by atoms with van der Waals surface area (Å²) in [4.78, 5) is 27.7. The van der Waals surface area contributed by atoms with Gasteiger partial charge in [-0.25, -0.2) is 4.79 Å². The number of nitrogens with one attached hydrogen (secondary N) is 1. The van der Waals surface area contributed by atoms with Crippen molar-refractivity contribution in [2.24, 2.45) is 5.92 Å². The molecule has 1 aromatic carbocycles. The van der Waals surface area contributed by atoms with Crippen LogP contribution in [-0.2, 0) is 11.2 Å². The van der Waals surface area contributed by atoms with E-state index in [1.54, 1.807) is 16.8 Å².